The molecule has 1 N–H and O–H groups in total. The summed E-state index contributed by atoms with van der Waals surface area (Å²) in [7, 11) is 0. The first-order chi connectivity index (χ1) is 16.2. The zero-order valence-corrected chi connectivity index (χ0v) is 18.2. The molecule has 0 bridgehead atoms. The smallest absolute Gasteiger partial charge is 0.221 e. The van der Waals surface area contributed by atoms with Gasteiger partial charge in [0, 0.05) is 35.5 Å². The van der Waals surface area contributed by atoms with Gasteiger partial charge in [0.15, 0.2) is 11.6 Å². The Hall–Kier alpha value is -3.06. The molecule has 1 saturated heterocycles. The summed E-state index contributed by atoms with van der Waals surface area (Å²) in [6, 6.07) is 8.15. The van der Waals surface area contributed by atoms with E-state index in [1.54, 1.807) is 12.3 Å². The van der Waals surface area contributed by atoms with Crippen LogP contribution in [0.5, 0.6) is 5.88 Å². The fourth-order valence-electron chi connectivity index (χ4n) is 5.21. The molecule has 0 radical (unpaired) electrons. The molecule has 0 unspecified atom stereocenters. The molecule has 0 atom stereocenters. The summed E-state index contributed by atoms with van der Waals surface area (Å²) in [5, 5.41) is 9.93. The number of benzene rings is 2. The van der Waals surface area contributed by atoms with Gasteiger partial charge in [-0.2, -0.15) is 5.10 Å². The normalized spacial score (nSPS) is 17.9. The van der Waals surface area contributed by atoms with Crippen LogP contribution in [0.2, 0.25) is 0 Å². The van der Waals surface area contributed by atoms with Crippen LogP contribution in [0, 0.1) is 11.6 Å². The van der Waals surface area contributed by atoms with E-state index in [0.29, 0.717) is 24.7 Å². The molecule has 33 heavy (non-hydrogen) atoms. The number of H-pyrrole nitrogens is 1. The molecule has 1 aliphatic carbocycles. The maximum Gasteiger partial charge on any atom is 0.221 e. The van der Waals surface area contributed by atoms with Crippen molar-refractivity contribution >= 4 is 21.7 Å². The third-order valence-electron chi connectivity index (χ3n) is 6.95. The Bertz CT molecular complexity index is 1320. The summed E-state index contributed by atoms with van der Waals surface area (Å²) in [5.74, 6) is -0.963. The first-order valence-electron chi connectivity index (χ1n) is 11.7. The van der Waals surface area contributed by atoms with Crippen molar-refractivity contribution in [3.05, 3.63) is 53.9 Å². The fourth-order valence-corrected chi connectivity index (χ4v) is 5.21. The van der Waals surface area contributed by atoms with Crippen molar-refractivity contribution in [2.24, 2.45) is 0 Å². The topological polar surface area (TPSA) is 60.0 Å². The van der Waals surface area contributed by atoms with E-state index in [1.165, 1.54) is 12.1 Å². The predicted octanol–water partition coefficient (Wildman–Crippen LogP) is 6.27. The molecule has 6 rings (SSSR count). The Morgan fingerprint density at radius 3 is 2.55 bits per heavy atom. The first kappa shape index (κ1) is 20.5. The first-order valence-corrected chi connectivity index (χ1v) is 11.7. The number of nitrogens with one attached hydrogen (secondary N) is 1. The van der Waals surface area contributed by atoms with Crippen molar-refractivity contribution in [3.63, 3.8) is 0 Å². The highest BCUT2D eigenvalue weighted by Crippen LogP contribution is 2.43. The van der Waals surface area contributed by atoms with Gasteiger partial charge in [-0.05, 0) is 73.7 Å². The third kappa shape index (κ3) is 3.74. The summed E-state index contributed by atoms with van der Waals surface area (Å²) in [6.07, 6.45) is 7.93. The zero-order valence-electron chi connectivity index (χ0n) is 18.2. The van der Waals surface area contributed by atoms with Crippen LogP contribution in [-0.4, -0.2) is 34.5 Å². The number of ether oxygens (including phenoxy) is 2. The molecule has 0 amide bonds. The molecule has 1 saturated carbocycles. The van der Waals surface area contributed by atoms with Crippen molar-refractivity contribution in [1.29, 1.82) is 0 Å². The minimum absolute atomic E-state index is 0.148. The van der Waals surface area contributed by atoms with Crippen molar-refractivity contribution in [3.8, 4) is 17.0 Å². The van der Waals surface area contributed by atoms with Gasteiger partial charge in [0.1, 0.15) is 6.10 Å². The van der Waals surface area contributed by atoms with Crippen molar-refractivity contribution in [2.45, 2.75) is 50.5 Å². The summed E-state index contributed by atoms with van der Waals surface area (Å²) in [4.78, 5) is 5.08. The molecule has 5 nitrogen and oxygen atoms in total. The molecule has 3 heterocycles. The van der Waals surface area contributed by atoms with Crippen LogP contribution in [0.25, 0.3) is 32.8 Å². The second-order valence-corrected chi connectivity index (χ2v) is 9.07. The average Bonchev–Trinajstić information content (AvgIpc) is 3.52. The zero-order chi connectivity index (χ0) is 22.4. The predicted molar refractivity (Wildman–Crippen MR) is 122 cm³/mol. The summed E-state index contributed by atoms with van der Waals surface area (Å²) in [5.41, 5.74) is 3.20. The summed E-state index contributed by atoms with van der Waals surface area (Å²) < 4.78 is 40.2. The van der Waals surface area contributed by atoms with E-state index < -0.39 is 11.6 Å². The molecule has 170 valence electrons. The molecule has 1 aliphatic heterocycles. The number of aromatic nitrogens is 3. The van der Waals surface area contributed by atoms with Crippen LogP contribution < -0.4 is 4.74 Å². The summed E-state index contributed by atoms with van der Waals surface area (Å²) in [6.45, 7) is 1.31. The van der Waals surface area contributed by atoms with E-state index in [9.17, 15) is 8.78 Å². The van der Waals surface area contributed by atoms with E-state index in [-0.39, 0.29) is 12.0 Å². The maximum absolute atomic E-state index is 14.3. The van der Waals surface area contributed by atoms with Gasteiger partial charge in [-0.15, -0.1) is 0 Å². The van der Waals surface area contributed by atoms with E-state index in [4.69, 9.17) is 14.5 Å². The number of fused-ring (bicyclic) bond motifs is 2. The molecular formula is C26H25F2N3O2. The van der Waals surface area contributed by atoms with Gasteiger partial charge >= 0.3 is 0 Å². The molecule has 7 heteroatoms. The van der Waals surface area contributed by atoms with Crippen LogP contribution >= 0.6 is 0 Å². The number of aromatic amines is 1. The van der Waals surface area contributed by atoms with Crippen LogP contribution in [0.1, 0.15) is 50.1 Å². The minimum Gasteiger partial charge on any atom is -0.474 e. The lowest BCUT2D eigenvalue weighted by atomic mass is 9.87. The number of rotatable bonds is 4. The minimum atomic E-state index is -0.866. The monoisotopic (exact) mass is 449 g/mol. The van der Waals surface area contributed by atoms with Crippen LogP contribution in [0.15, 0.2) is 36.5 Å². The van der Waals surface area contributed by atoms with Gasteiger partial charge < -0.3 is 9.47 Å². The van der Waals surface area contributed by atoms with E-state index >= 15 is 0 Å². The van der Waals surface area contributed by atoms with Gasteiger partial charge in [0.05, 0.1) is 17.4 Å². The Morgan fingerprint density at radius 1 is 0.939 bits per heavy atom. The molecule has 4 aromatic rings. The SMILES string of the molecule is Fc1ccc(-c2c(C3CCOCC3)nc(OC3CCCC3)c3cc4[nH]ncc4cc23)cc1F. The Balaban J connectivity index is 1.64. The highest BCUT2D eigenvalue weighted by atomic mass is 19.2. The van der Waals surface area contributed by atoms with Crippen LogP contribution in [-0.2, 0) is 4.74 Å². The van der Waals surface area contributed by atoms with Crippen molar-refractivity contribution < 1.29 is 18.3 Å². The number of hydrogen-bond donors (Lipinski definition) is 1. The number of pyridine rings is 1. The fraction of sp³-hybridized carbons (Fsp3) is 0.385. The number of hydrogen-bond acceptors (Lipinski definition) is 4. The van der Waals surface area contributed by atoms with Gasteiger partial charge in [-0.25, -0.2) is 13.8 Å². The molecule has 2 fully saturated rings. The van der Waals surface area contributed by atoms with Gasteiger partial charge in [-0.3, -0.25) is 5.10 Å². The molecule has 2 aromatic carbocycles. The largest absolute Gasteiger partial charge is 0.474 e. The van der Waals surface area contributed by atoms with E-state index in [0.717, 1.165) is 71.5 Å². The Morgan fingerprint density at radius 2 is 1.76 bits per heavy atom. The van der Waals surface area contributed by atoms with Gasteiger partial charge in [-0.1, -0.05) is 6.07 Å². The van der Waals surface area contributed by atoms with Gasteiger partial charge in [0.25, 0.3) is 0 Å². The third-order valence-corrected chi connectivity index (χ3v) is 6.95. The van der Waals surface area contributed by atoms with Crippen molar-refractivity contribution in [1.82, 2.24) is 15.2 Å². The molecular weight excluding hydrogens is 424 g/mol. The second kappa shape index (κ2) is 8.37. The van der Waals surface area contributed by atoms with Crippen LogP contribution in [0.3, 0.4) is 0 Å². The lowest BCUT2D eigenvalue weighted by Crippen LogP contribution is -2.18. The highest BCUT2D eigenvalue weighted by molar-refractivity contribution is 6.06. The number of halogens is 2. The Kier molecular flexibility index (Phi) is 5.21. The van der Waals surface area contributed by atoms with Crippen molar-refractivity contribution in [2.75, 3.05) is 13.2 Å². The van der Waals surface area contributed by atoms with E-state index in [2.05, 4.69) is 16.3 Å². The molecule has 0 spiro atoms. The lowest BCUT2D eigenvalue weighted by Gasteiger charge is -2.26. The molecule has 2 aliphatic rings. The quantitative estimate of drug-likeness (QED) is 0.399. The summed E-state index contributed by atoms with van der Waals surface area (Å²) >= 11 is 0. The lowest BCUT2D eigenvalue weighted by molar-refractivity contribution is 0.0844. The van der Waals surface area contributed by atoms with E-state index in [1.807, 2.05) is 6.07 Å². The maximum atomic E-state index is 14.3. The van der Waals surface area contributed by atoms with Crippen LogP contribution in [0.4, 0.5) is 8.78 Å². The average molecular weight is 450 g/mol. The Labute approximate surface area is 190 Å². The standard InChI is InChI=1S/C26H25F2N3O2/c27-21-6-5-16(12-22(21)28)24-19-11-17-14-29-31-23(17)13-20(19)26(33-18-3-1-2-4-18)30-25(24)15-7-9-32-10-8-15/h5-6,11-15,18H,1-4,7-10H2,(H,29,31). The second-order valence-electron chi connectivity index (χ2n) is 9.07. The highest BCUT2D eigenvalue weighted by Gasteiger charge is 2.27. The number of nitrogens with zero attached hydrogens (tertiary/aromatic N) is 2. The van der Waals surface area contributed by atoms with Gasteiger partial charge in [0.2, 0.25) is 5.88 Å². The molecule has 2 aromatic heterocycles.